The van der Waals surface area contributed by atoms with Crippen LogP contribution in [0, 0.1) is 11.8 Å². The molecular formula is C14H16N2O3. The van der Waals surface area contributed by atoms with E-state index in [1.165, 1.54) is 10.0 Å². The fourth-order valence-corrected chi connectivity index (χ4v) is 2.18. The van der Waals surface area contributed by atoms with Crippen molar-refractivity contribution in [1.82, 2.24) is 10.0 Å². The smallest absolute Gasteiger partial charge is 0.272 e. The zero-order valence-corrected chi connectivity index (χ0v) is 10.9. The minimum absolute atomic E-state index is 0.0827. The molecule has 1 amide bonds. The largest absolute Gasteiger partial charge is 0.395 e. The number of rotatable bonds is 2. The summed E-state index contributed by atoms with van der Waals surface area (Å²) in [6, 6.07) is 6.85. The van der Waals surface area contributed by atoms with E-state index in [0.717, 1.165) is 0 Å². The zero-order chi connectivity index (χ0) is 14.0. The number of amides is 1. The molecule has 1 heterocycles. The standard InChI is InChI=1S/C14H16N2O3/c1-15(2)16-13(18)11-7-3-4-8-12(11)14(16,19)9-5-6-10-17/h3-4,7-8,17,19H,6,10H2,1-2H3. The lowest BCUT2D eigenvalue weighted by Crippen LogP contribution is -2.50. The maximum atomic E-state index is 12.3. The van der Waals surface area contributed by atoms with Crippen molar-refractivity contribution in [3.05, 3.63) is 35.4 Å². The molecule has 0 radical (unpaired) electrons. The first-order valence-corrected chi connectivity index (χ1v) is 5.97. The molecule has 0 bridgehead atoms. The van der Waals surface area contributed by atoms with Gasteiger partial charge in [-0.15, -0.1) is 0 Å². The highest BCUT2D eigenvalue weighted by Crippen LogP contribution is 2.37. The van der Waals surface area contributed by atoms with Crippen molar-refractivity contribution in [1.29, 1.82) is 0 Å². The Hall–Kier alpha value is -1.87. The van der Waals surface area contributed by atoms with Crippen LogP contribution in [0.15, 0.2) is 24.3 Å². The number of hydrogen-bond donors (Lipinski definition) is 2. The normalized spacial score (nSPS) is 21.3. The van der Waals surface area contributed by atoms with Crippen LogP contribution in [0.25, 0.3) is 0 Å². The number of benzene rings is 1. The van der Waals surface area contributed by atoms with Gasteiger partial charge in [-0.3, -0.25) is 4.79 Å². The van der Waals surface area contributed by atoms with E-state index in [0.29, 0.717) is 11.1 Å². The number of carbonyl (C=O) groups is 1. The van der Waals surface area contributed by atoms with Gasteiger partial charge in [-0.05, 0) is 12.0 Å². The minimum atomic E-state index is -1.67. The number of hydrogen-bond acceptors (Lipinski definition) is 4. The number of aliphatic hydroxyl groups is 2. The van der Waals surface area contributed by atoms with Crippen LogP contribution >= 0.6 is 0 Å². The van der Waals surface area contributed by atoms with Gasteiger partial charge >= 0.3 is 0 Å². The number of fused-ring (bicyclic) bond motifs is 1. The van der Waals surface area contributed by atoms with Crippen molar-refractivity contribution in [2.75, 3.05) is 20.7 Å². The molecule has 0 aromatic heterocycles. The molecule has 100 valence electrons. The Kier molecular flexibility index (Phi) is 3.58. The molecule has 1 aliphatic heterocycles. The average Bonchev–Trinajstić information content (AvgIpc) is 2.60. The second-order valence-corrected chi connectivity index (χ2v) is 4.46. The summed E-state index contributed by atoms with van der Waals surface area (Å²) < 4.78 is 0. The Morgan fingerprint density at radius 1 is 1.37 bits per heavy atom. The number of aliphatic hydroxyl groups excluding tert-OH is 1. The van der Waals surface area contributed by atoms with Crippen LogP contribution in [0.5, 0.6) is 0 Å². The van der Waals surface area contributed by atoms with Crippen LogP contribution in [-0.2, 0) is 5.72 Å². The number of nitrogens with zero attached hydrogens (tertiary/aromatic N) is 2. The number of hydrazine groups is 1. The van der Waals surface area contributed by atoms with Crippen molar-refractivity contribution < 1.29 is 15.0 Å². The van der Waals surface area contributed by atoms with E-state index >= 15 is 0 Å². The fraction of sp³-hybridized carbons (Fsp3) is 0.357. The van der Waals surface area contributed by atoms with Gasteiger partial charge in [-0.1, -0.05) is 24.1 Å². The summed E-state index contributed by atoms with van der Waals surface area (Å²) >= 11 is 0. The van der Waals surface area contributed by atoms with Gasteiger partial charge in [0.1, 0.15) is 0 Å². The van der Waals surface area contributed by atoms with Crippen LogP contribution in [0.1, 0.15) is 22.3 Å². The quantitative estimate of drug-likeness (QED) is 0.743. The van der Waals surface area contributed by atoms with Crippen LogP contribution in [0.2, 0.25) is 0 Å². The van der Waals surface area contributed by atoms with E-state index in [4.69, 9.17) is 5.11 Å². The third-order valence-corrected chi connectivity index (χ3v) is 2.93. The molecule has 0 saturated heterocycles. The van der Waals surface area contributed by atoms with Crippen molar-refractivity contribution >= 4 is 5.91 Å². The topological polar surface area (TPSA) is 64.0 Å². The summed E-state index contributed by atoms with van der Waals surface area (Å²) in [5.74, 6) is 5.09. The first-order chi connectivity index (χ1) is 9.02. The Morgan fingerprint density at radius 2 is 2.05 bits per heavy atom. The van der Waals surface area contributed by atoms with Crippen LogP contribution in [0.3, 0.4) is 0 Å². The molecule has 5 heteroatoms. The van der Waals surface area contributed by atoms with Gasteiger partial charge in [0.15, 0.2) is 0 Å². The Bertz CT molecular complexity index is 559. The molecule has 1 unspecified atom stereocenters. The van der Waals surface area contributed by atoms with E-state index in [2.05, 4.69) is 11.8 Å². The molecular weight excluding hydrogens is 244 g/mol. The molecule has 5 nitrogen and oxygen atoms in total. The van der Waals surface area contributed by atoms with E-state index in [1.54, 1.807) is 38.4 Å². The lowest BCUT2D eigenvalue weighted by atomic mass is 10.0. The van der Waals surface area contributed by atoms with Crippen molar-refractivity contribution in [3.8, 4) is 11.8 Å². The van der Waals surface area contributed by atoms with Gasteiger partial charge in [0, 0.05) is 26.1 Å². The molecule has 1 aromatic rings. The van der Waals surface area contributed by atoms with Crippen molar-refractivity contribution in [2.24, 2.45) is 0 Å². The maximum Gasteiger partial charge on any atom is 0.272 e. The Morgan fingerprint density at radius 3 is 2.68 bits per heavy atom. The Labute approximate surface area is 112 Å². The molecule has 0 fully saturated rings. The lowest BCUT2D eigenvalue weighted by Gasteiger charge is -2.34. The molecule has 1 aliphatic rings. The van der Waals surface area contributed by atoms with Crippen LogP contribution in [-0.4, -0.2) is 46.8 Å². The molecule has 0 spiro atoms. The highest BCUT2D eigenvalue weighted by molar-refractivity contribution is 6.00. The Balaban J connectivity index is 2.55. The van der Waals surface area contributed by atoms with E-state index in [9.17, 15) is 9.90 Å². The summed E-state index contributed by atoms with van der Waals surface area (Å²) in [4.78, 5) is 12.3. The second-order valence-electron chi connectivity index (χ2n) is 4.46. The number of carbonyl (C=O) groups excluding carboxylic acids is 1. The zero-order valence-electron chi connectivity index (χ0n) is 10.9. The summed E-state index contributed by atoms with van der Waals surface area (Å²) in [6.07, 6.45) is 0.250. The van der Waals surface area contributed by atoms with E-state index < -0.39 is 5.72 Å². The summed E-state index contributed by atoms with van der Waals surface area (Å²) in [5.41, 5.74) is -0.761. The molecule has 2 N–H and O–H groups in total. The lowest BCUT2D eigenvalue weighted by molar-refractivity contribution is -0.125. The van der Waals surface area contributed by atoms with E-state index in [-0.39, 0.29) is 18.9 Å². The third-order valence-electron chi connectivity index (χ3n) is 2.93. The minimum Gasteiger partial charge on any atom is -0.395 e. The molecule has 2 rings (SSSR count). The van der Waals surface area contributed by atoms with Crippen LogP contribution in [0.4, 0.5) is 0 Å². The third kappa shape index (κ3) is 2.10. The molecule has 1 aromatic carbocycles. The summed E-state index contributed by atoms with van der Waals surface area (Å²) in [7, 11) is 3.34. The average molecular weight is 260 g/mol. The van der Waals surface area contributed by atoms with Crippen molar-refractivity contribution in [3.63, 3.8) is 0 Å². The molecule has 1 atom stereocenters. The molecule has 0 aliphatic carbocycles. The van der Waals surface area contributed by atoms with Gasteiger partial charge < -0.3 is 10.2 Å². The van der Waals surface area contributed by atoms with Crippen molar-refractivity contribution in [2.45, 2.75) is 12.1 Å². The second kappa shape index (κ2) is 5.02. The molecule has 0 saturated carbocycles. The van der Waals surface area contributed by atoms with Gasteiger partial charge in [0.05, 0.1) is 12.2 Å². The maximum absolute atomic E-state index is 12.3. The van der Waals surface area contributed by atoms with Crippen LogP contribution < -0.4 is 0 Å². The highest BCUT2D eigenvalue weighted by atomic mass is 16.3. The van der Waals surface area contributed by atoms with Gasteiger partial charge in [0.2, 0.25) is 5.72 Å². The summed E-state index contributed by atoms with van der Waals surface area (Å²) in [5, 5.41) is 22.3. The first-order valence-electron chi connectivity index (χ1n) is 5.97. The summed E-state index contributed by atoms with van der Waals surface area (Å²) in [6.45, 7) is -0.0827. The molecule has 19 heavy (non-hydrogen) atoms. The predicted molar refractivity (Wildman–Crippen MR) is 69.7 cm³/mol. The van der Waals surface area contributed by atoms with Gasteiger partial charge in [-0.2, -0.15) is 0 Å². The highest BCUT2D eigenvalue weighted by Gasteiger charge is 2.49. The van der Waals surface area contributed by atoms with E-state index in [1.807, 2.05) is 0 Å². The predicted octanol–water partition coefficient (Wildman–Crippen LogP) is 0.150. The SMILES string of the molecule is CN(C)N1C(=O)c2ccccc2C1(O)C#CCCO. The van der Waals surface area contributed by atoms with Gasteiger partial charge in [-0.25, -0.2) is 10.0 Å². The fourth-order valence-electron chi connectivity index (χ4n) is 2.18. The monoisotopic (exact) mass is 260 g/mol. The van der Waals surface area contributed by atoms with Gasteiger partial charge in [0.25, 0.3) is 5.91 Å². The first kappa shape index (κ1) is 13.6.